The second-order valence-electron chi connectivity index (χ2n) is 7.90. The molecule has 0 amide bonds. The Balaban J connectivity index is 1.24. The lowest BCUT2D eigenvalue weighted by Gasteiger charge is -2.28. The quantitative estimate of drug-likeness (QED) is 0.594. The van der Waals surface area contributed by atoms with Crippen molar-refractivity contribution in [1.29, 1.82) is 0 Å². The van der Waals surface area contributed by atoms with Gasteiger partial charge < -0.3 is 0 Å². The van der Waals surface area contributed by atoms with Crippen LogP contribution in [0.2, 0.25) is 0 Å². The fraction of sp³-hybridized carbons (Fsp3) is 0.417. The molecule has 4 rings (SSSR count). The SMILES string of the molecule is O=C(CC1CCC(CCc2ccccc2)CC1)c1ccc2c(c1)CC=N2. The van der Waals surface area contributed by atoms with Crippen LogP contribution in [0.5, 0.6) is 0 Å². The number of benzene rings is 2. The molecule has 26 heavy (non-hydrogen) atoms. The first-order valence-corrected chi connectivity index (χ1v) is 10.0. The Bertz CT molecular complexity index is 785. The molecule has 1 aliphatic carbocycles. The predicted molar refractivity (Wildman–Crippen MR) is 107 cm³/mol. The molecule has 1 fully saturated rings. The summed E-state index contributed by atoms with van der Waals surface area (Å²) in [4.78, 5) is 17.0. The second-order valence-corrected chi connectivity index (χ2v) is 7.90. The van der Waals surface area contributed by atoms with Crippen LogP contribution < -0.4 is 0 Å². The lowest BCUT2D eigenvalue weighted by molar-refractivity contribution is 0.0942. The average Bonchev–Trinajstić information content (AvgIpc) is 3.16. The monoisotopic (exact) mass is 345 g/mol. The topological polar surface area (TPSA) is 29.4 Å². The van der Waals surface area contributed by atoms with E-state index in [2.05, 4.69) is 41.4 Å². The Kier molecular flexibility index (Phi) is 5.29. The van der Waals surface area contributed by atoms with Gasteiger partial charge in [0.15, 0.2) is 5.78 Å². The van der Waals surface area contributed by atoms with Gasteiger partial charge in [-0.1, -0.05) is 43.2 Å². The molecular weight excluding hydrogens is 318 g/mol. The number of fused-ring (bicyclic) bond motifs is 1. The number of carbonyl (C=O) groups is 1. The minimum Gasteiger partial charge on any atom is -0.294 e. The summed E-state index contributed by atoms with van der Waals surface area (Å²) in [6.45, 7) is 0. The van der Waals surface area contributed by atoms with Crippen LogP contribution in [0.1, 0.15) is 60.0 Å². The lowest BCUT2D eigenvalue weighted by Crippen LogP contribution is -2.18. The maximum absolute atomic E-state index is 12.7. The Labute approximate surface area is 156 Å². The molecule has 2 nitrogen and oxygen atoms in total. The molecule has 2 aromatic rings. The van der Waals surface area contributed by atoms with E-state index in [0.717, 1.165) is 23.6 Å². The molecule has 1 saturated carbocycles. The van der Waals surface area contributed by atoms with E-state index in [1.54, 1.807) is 0 Å². The van der Waals surface area contributed by atoms with E-state index in [-0.39, 0.29) is 0 Å². The van der Waals surface area contributed by atoms with Crippen LogP contribution in [-0.4, -0.2) is 12.0 Å². The van der Waals surface area contributed by atoms with Crippen molar-refractivity contribution in [2.24, 2.45) is 16.8 Å². The van der Waals surface area contributed by atoms with E-state index < -0.39 is 0 Å². The van der Waals surface area contributed by atoms with E-state index >= 15 is 0 Å². The highest BCUT2D eigenvalue weighted by molar-refractivity contribution is 5.97. The Morgan fingerprint density at radius 2 is 1.73 bits per heavy atom. The van der Waals surface area contributed by atoms with E-state index in [9.17, 15) is 4.79 Å². The maximum Gasteiger partial charge on any atom is 0.163 e. The zero-order chi connectivity index (χ0) is 17.8. The van der Waals surface area contributed by atoms with Crippen molar-refractivity contribution in [3.63, 3.8) is 0 Å². The van der Waals surface area contributed by atoms with Crippen molar-refractivity contribution in [3.8, 4) is 0 Å². The molecule has 0 bridgehead atoms. The highest BCUT2D eigenvalue weighted by atomic mass is 16.1. The first kappa shape index (κ1) is 17.2. The third kappa shape index (κ3) is 4.12. The van der Waals surface area contributed by atoms with Gasteiger partial charge in [0.2, 0.25) is 0 Å². The number of hydrogen-bond acceptors (Lipinski definition) is 2. The summed E-state index contributed by atoms with van der Waals surface area (Å²) < 4.78 is 0. The summed E-state index contributed by atoms with van der Waals surface area (Å²) in [5.74, 6) is 1.71. The maximum atomic E-state index is 12.7. The molecule has 0 N–H and O–H groups in total. The van der Waals surface area contributed by atoms with Crippen LogP contribution in [0.4, 0.5) is 5.69 Å². The smallest absolute Gasteiger partial charge is 0.163 e. The lowest BCUT2D eigenvalue weighted by atomic mass is 9.77. The minimum atomic E-state index is 0.312. The van der Waals surface area contributed by atoms with Gasteiger partial charge in [-0.25, -0.2) is 0 Å². The van der Waals surface area contributed by atoms with Gasteiger partial charge in [0.05, 0.1) is 5.69 Å². The van der Waals surface area contributed by atoms with Gasteiger partial charge in [-0.05, 0) is 66.8 Å². The van der Waals surface area contributed by atoms with E-state index in [0.29, 0.717) is 18.1 Å². The summed E-state index contributed by atoms with van der Waals surface area (Å²) in [5, 5.41) is 0. The zero-order valence-corrected chi connectivity index (χ0v) is 15.4. The van der Waals surface area contributed by atoms with Crippen LogP contribution in [0, 0.1) is 11.8 Å². The molecule has 2 aliphatic rings. The number of aryl methyl sites for hydroxylation is 1. The Morgan fingerprint density at radius 1 is 0.962 bits per heavy atom. The van der Waals surface area contributed by atoms with Gasteiger partial charge in [-0.15, -0.1) is 0 Å². The number of rotatable bonds is 6. The molecular formula is C24H27NO. The Hall–Kier alpha value is -2.22. The molecule has 0 aromatic heterocycles. The van der Waals surface area contributed by atoms with Gasteiger partial charge in [-0.2, -0.15) is 0 Å². The molecule has 2 heteroatoms. The first-order chi connectivity index (χ1) is 12.8. The summed E-state index contributed by atoms with van der Waals surface area (Å²) in [7, 11) is 0. The van der Waals surface area contributed by atoms with Crippen LogP contribution in [0.25, 0.3) is 0 Å². The Morgan fingerprint density at radius 3 is 2.54 bits per heavy atom. The number of ketones is 1. The van der Waals surface area contributed by atoms with Gasteiger partial charge in [0, 0.05) is 24.6 Å². The van der Waals surface area contributed by atoms with Crippen molar-refractivity contribution in [1.82, 2.24) is 0 Å². The molecule has 0 spiro atoms. The highest BCUT2D eigenvalue weighted by Crippen LogP contribution is 2.34. The molecule has 0 atom stereocenters. The van der Waals surface area contributed by atoms with Crippen molar-refractivity contribution in [3.05, 3.63) is 65.2 Å². The summed E-state index contributed by atoms with van der Waals surface area (Å²) in [6, 6.07) is 16.8. The molecule has 0 saturated heterocycles. The highest BCUT2D eigenvalue weighted by Gasteiger charge is 2.23. The molecule has 2 aromatic carbocycles. The van der Waals surface area contributed by atoms with Crippen molar-refractivity contribution < 1.29 is 4.79 Å². The van der Waals surface area contributed by atoms with Crippen LogP contribution in [0.3, 0.4) is 0 Å². The standard InChI is InChI=1S/C24H27NO/c26-24(22-12-13-23-21(17-22)14-15-25-23)16-20-10-8-19(9-11-20)7-6-18-4-2-1-3-5-18/h1-5,12-13,15,17,19-20H,6-11,14,16H2. The van der Waals surface area contributed by atoms with Crippen LogP contribution >= 0.6 is 0 Å². The second kappa shape index (κ2) is 7.99. The molecule has 134 valence electrons. The van der Waals surface area contributed by atoms with Gasteiger partial charge in [0.25, 0.3) is 0 Å². The van der Waals surface area contributed by atoms with Gasteiger partial charge >= 0.3 is 0 Å². The largest absolute Gasteiger partial charge is 0.294 e. The average molecular weight is 345 g/mol. The molecule has 1 aliphatic heterocycles. The van der Waals surface area contributed by atoms with E-state index in [4.69, 9.17) is 0 Å². The summed E-state index contributed by atoms with van der Waals surface area (Å²) >= 11 is 0. The number of nitrogens with zero attached hydrogens (tertiary/aromatic N) is 1. The number of aliphatic imine (C=N–C) groups is 1. The zero-order valence-electron chi connectivity index (χ0n) is 15.4. The summed E-state index contributed by atoms with van der Waals surface area (Å²) in [5.41, 5.74) is 4.55. The predicted octanol–water partition coefficient (Wildman–Crippen LogP) is 5.96. The first-order valence-electron chi connectivity index (χ1n) is 10.0. The number of carbonyl (C=O) groups excluding carboxylic acids is 1. The normalized spacial score (nSPS) is 21.5. The van der Waals surface area contributed by atoms with Crippen LogP contribution in [-0.2, 0) is 12.8 Å². The third-order valence-corrected chi connectivity index (χ3v) is 6.07. The fourth-order valence-corrected chi connectivity index (χ4v) is 4.41. The minimum absolute atomic E-state index is 0.312. The molecule has 1 heterocycles. The van der Waals surface area contributed by atoms with E-state index in [1.807, 2.05) is 18.3 Å². The molecule has 0 unspecified atom stereocenters. The van der Waals surface area contributed by atoms with Crippen molar-refractivity contribution in [2.75, 3.05) is 0 Å². The van der Waals surface area contributed by atoms with E-state index in [1.165, 1.54) is 49.7 Å². The fourth-order valence-electron chi connectivity index (χ4n) is 4.41. The number of hydrogen-bond donors (Lipinski definition) is 0. The third-order valence-electron chi connectivity index (χ3n) is 6.07. The molecule has 0 radical (unpaired) electrons. The van der Waals surface area contributed by atoms with Gasteiger partial charge in [0.1, 0.15) is 0 Å². The van der Waals surface area contributed by atoms with Crippen molar-refractivity contribution in [2.45, 2.75) is 51.4 Å². The van der Waals surface area contributed by atoms with Crippen LogP contribution in [0.15, 0.2) is 53.5 Å². The number of Topliss-reactive ketones (excluding diaryl/α,β-unsaturated/α-hetero) is 1. The summed E-state index contributed by atoms with van der Waals surface area (Å²) in [6.07, 6.45) is 11.0. The van der Waals surface area contributed by atoms with Gasteiger partial charge in [-0.3, -0.25) is 9.79 Å². The van der Waals surface area contributed by atoms with Crippen molar-refractivity contribution >= 4 is 17.7 Å².